The van der Waals surface area contributed by atoms with Gasteiger partial charge in [-0.15, -0.1) is 0 Å². The SMILES string of the molecule is Nc1nccc(Oc2ccccc2F)c1C#Cc1ccccn1. The second-order valence-corrected chi connectivity index (χ2v) is 4.57. The maximum atomic E-state index is 13.7. The van der Waals surface area contributed by atoms with Crippen molar-refractivity contribution in [1.82, 2.24) is 9.97 Å². The molecule has 0 aliphatic heterocycles. The van der Waals surface area contributed by atoms with E-state index >= 15 is 0 Å². The number of aromatic nitrogens is 2. The topological polar surface area (TPSA) is 61.0 Å². The van der Waals surface area contributed by atoms with E-state index in [0.29, 0.717) is 17.0 Å². The minimum Gasteiger partial charge on any atom is -0.453 e. The summed E-state index contributed by atoms with van der Waals surface area (Å²) in [6.45, 7) is 0. The highest BCUT2D eigenvalue weighted by Gasteiger charge is 2.10. The Bertz CT molecular complexity index is 886. The summed E-state index contributed by atoms with van der Waals surface area (Å²) in [6, 6.07) is 13.1. The lowest BCUT2D eigenvalue weighted by Crippen LogP contribution is -1.98. The average molecular weight is 305 g/mol. The van der Waals surface area contributed by atoms with Crippen molar-refractivity contribution < 1.29 is 9.13 Å². The van der Waals surface area contributed by atoms with Crippen molar-refractivity contribution in [2.45, 2.75) is 0 Å². The van der Waals surface area contributed by atoms with Crippen LogP contribution in [-0.2, 0) is 0 Å². The molecule has 0 bridgehead atoms. The molecule has 0 atom stereocenters. The van der Waals surface area contributed by atoms with E-state index in [1.54, 1.807) is 36.5 Å². The van der Waals surface area contributed by atoms with Crippen LogP contribution in [0.2, 0.25) is 0 Å². The van der Waals surface area contributed by atoms with E-state index < -0.39 is 5.82 Å². The van der Waals surface area contributed by atoms with Gasteiger partial charge in [0.15, 0.2) is 11.6 Å². The number of nitrogen functional groups attached to an aromatic ring is 1. The fraction of sp³-hybridized carbons (Fsp3) is 0. The second-order valence-electron chi connectivity index (χ2n) is 4.57. The molecule has 0 unspecified atom stereocenters. The molecule has 0 aliphatic rings. The Morgan fingerprint density at radius 3 is 2.48 bits per heavy atom. The summed E-state index contributed by atoms with van der Waals surface area (Å²) in [4.78, 5) is 8.11. The zero-order chi connectivity index (χ0) is 16.1. The van der Waals surface area contributed by atoms with Gasteiger partial charge in [-0.2, -0.15) is 0 Å². The van der Waals surface area contributed by atoms with Gasteiger partial charge in [0.2, 0.25) is 0 Å². The summed E-state index contributed by atoms with van der Waals surface area (Å²) in [5, 5.41) is 0. The number of rotatable bonds is 2. The van der Waals surface area contributed by atoms with Crippen molar-refractivity contribution in [1.29, 1.82) is 0 Å². The fourth-order valence-electron chi connectivity index (χ4n) is 1.88. The van der Waals surface area contributed by atoms with Crippen LogP contribution >= 0.6 is 0 Å². The van der Waals surface area contributed by atoms with Gasteiger partial charge in [-0.25, -0.2) is 14.4 Å². The zero-order valence-electron chi connectivity index (χ0n) is 12.0. The van der Waals surface area contributed by atoms with Gasteiger partial charge in [-0.1, -0.05) is 24.1 Å². The van der Waals surface area contributed by atoms with Crippen LogP contribution in [0, 0.1) is 17.7 Å². The number of halogens is 1. The standard InChI is InChI=1S/C18H12FN3O/c19-15-6-1-2-7-17(15)23-16-10-12-22-18(20)14(16)9-8-13-5-3-4-11-21-13/h1-7,10-12H,(H2,20,22). The first-order chi connectivity index (χ1) is 11.2. The Labute approximate surface area is 132 Å². The van der Waals surface area contributed by atoms with E-state index in [9.17, 15) is 4.39 Å². The summed E-state index contributed by atoms with van der Waals surface area (Å²) in [5.41, 5.74) is 6.85. The van der Waals surface area contributed by atoms with Crippen molar-refractivity contribution >= 4 is 5.82 Å². The second kappa shape index (κ2) is 6.58. The summed E-state index contributed by atoms with van der Waals surface area (Å²) in [6.07, 6.45) is 3.13. The molecule has 0 spiro atoms. The van der Waals surface area contributed by atoms with E-state index in [1.165, 1.54) is 18.3 Å². The molecular weight excluding hydrogens is 293 g/mol. The van der Waals surface area contributed by atoms with Crippen LogP contribution in [0.4, 0.5) is 10.2 Å². The smallest absolute Gasteiger partial charge is 0.165 e. The Morgan fingerprint density at radius 1 is 0.870 bits per heavy atom. The van der Waals surface area contributed by atoms with Gasteiger partial charge in [0.1, 0.15) is 22.8 Å². The Balaban J connectivity index is 1.98. The third-order valence-corrected chi connectivity index (χ3v) is 2.98. The van der Waals surface area contributed by atoms with Crippen LogP contribution < -0.4 is 10.5 Å². The molecule has 5 heteroatoms. The lowest BCUT2D eigenvalue weighted by atomic mass is 10.2. The van der Waals surface area contributed by atoms with Gasteiger partial charge in [-0.05, 0) is 30.2 Å². The fourth-order valence-corrected chi connectivity index (χ4v) is 1.88. The molecule has 0 amide bonds. The number of pyridine rings is 2. The third-order valence-electron chi connectivity index (χ3n) is 2.98. The maximum Gasteiger partial charge on any atom is 0.165 e. The molecule has 23 heavy (non-hydrogen) atoms. The number of benzene rings is 1. The minimum absolute atomic E-state index is 0.0963. The molecule has 3 aromatic rings. The summed E-state index contributed by atoms with van der Waals surface area (Å²) < 4.78 is 19.3. The largest absolute Gasteiger partial charge is 0.453 e. The van der Waals surface area contributed by atoms with E-state index in [2.05, 4.69) is 21.8 Å². The Kier molecular flexibility index (Phi) is 4.16. The van der Waals surface area contributed by atoms with Crippen molar-refractivity contribution in [3.8, 4) is 23.3 Å². The molecule has 2 aromatic heterocycles. The van der Waals surface area contributed by atoms with E-state index in [0.717, 1.165) is 0 Å². The van der Waals surface area contributed by atoms with Gasteiger partial charge >= 0.3 is 0 Å². The first-order valence-electron chi connectivity index (χ1n) is 6.84. The normalized spacial score (nSPS) is 9.78. The highest BCUT2D eigenvalue weighted by Crippen LogP contribution is 2.28. The molecule has 1 aromatic carbocycles. The van der Waals surface area contributed by atoms with Gasteiger partial charge in [0, 0.05) is 18.5 Å². The maximum absolute atomic E-state index is 13.7. The highest BCUT2D eigenvalue weighted by atomic mass is 19.1. The Morgan fingerprint density at radius 2 is 1.70 bits per heavy atom. The molecule has 3 rings (SSSR count). The van der Waals surface area contributed by atoms with Crippen LogP contribution in [0.3, 0.4) is 0 Å². The van der Waals surface area contributed by atoms with Crippen LogP contribution in [0.25, 0.3) is 0 Å². The lowest BCUT2D eigenvalue weighted by molar-refractivity contribution is 0.441. The molecule has 0 radical (unpaired) electrons. The average Bonchev–Trinajstić information content (AvgIpc) is 2.57. The zero-order valence-corrected chi connectivity index (χ0v) is 12.0. The molecule has 2 heterocycles. The number of ether oxygens (including phenoxy) is 1. The minimum atomic E-state index is -0.466. The first-order valence-corrected chi connectivity index (χ1v) is 6.84. The third kappa shape index (κ3) is 3.44. The number of nitrogens with two attached hydrogens (primary N) is 1. The molecular formula is C18H12FN3O. The van der Waals surface area contributed by atoms with E-state index in [1.807, 2.05) is 6.07 Å². The van der Waals surface area contributed by atoms with Crippen molar-refractivity contribution in [3.05, 3.63) is 78.0 Å². The summed E-state index contributed by atoms with van der Waals surface area (Å²) >= 11 is 0. The molecule has 0 fully saturated rings. The predicted molar refractivity (Wildman–Crippen MR) is 85.3 cm³/mol. The van der Waals surface area contributed by atoms with Crippen LogP contribution in [0.1, 0.15) is 11.3 Å². The lowest BCUT2D eigenvalue weighted by Gasteiger charge is -2.09. The molecule has 0 saturated carbocycles. The monoisotopic (exact) mass is 305 g/mol. The molecule has 4 nitrogen and oxygen atoms in total. The molecule has 0 saturated heterocycles. The van der Waals surface area contributed by atoms with Crippen LogP contribution in [0.5, 0.6) is 11.5 Å². The Hall–Kier alpha value is -3.39. The van der Waals surface area contributed by atoms with Crippen molar-refractivity contribution in [2.75, 3.05) is 5.73 Å². The van der Waals surface area contributed by atoms with Crippen LogP contribution in [0.15, 0.2) is 60.9 Å². The highest BCUT2D eigenvalue weighted by molar-refractivity contribution is 5.60. The van der Waals surface area contributed by atoms with Gasteiger partial charge < -0.3 is 10.5 Å². The van der Waals surface area contributed by atoms with Gasteiger partial charge in [0.25, 0.3) is 0 Å². The summed E-state index contributed by atoms with van der Waals surface area (Å²) in [7, 11) is 0. The first kappa shape index (κ1) is 14.5. The molecule has 2 N–H and O–H groups in total. The van der Waals surface area contributed by atoms with Crippen molar-refractivity contribution in [3.63, 3.8) is 0 Å². The molecule has 112 valence electrons. The summed E-state index contributed by atoms with van der Waals surface area (Å²) in [5.74, 6) is 5.96. The molecule has 0 aliphatic carbocycles. The van der Waals surface area contributed by atoms with Gasteiger partial charge in [-0.3, -0.25) is 0 Å². The number of hydrogen-bond acceptors (Lipinski definition) is 4. The van der Waals surface area contributed by atoms with Crippen molar-refractivity contribution in [2.24, 2.45) is 0 Å². The number of hydrogen-bond donors (Lipinski definition) is 1. The number of anilines is 1. The van der Waals surface area contributed by atoms with Crippen LogP contribution in [-0.4, -0.2) is 9.97 Å². The number of para-hydroxylation sites is 1. The van der Waals surface area contributed by atoms with E-state index in [4.69, 9.17) is 10.5 Å². The predicted octanol–water partition coefficient (Wildman–Crippen LogP) is 3.39. The quantitative estimate of drug-likeness (QED) is 0.737. The number of nitrogens with zero attached hydrogens (tertiary/aromatic N) is 2. The van der Waals surface area contributed by atoms with E-state index in [-0.39, 0.29) is 11.6 Å². The van der Waals surface area contributed by atoms with Gasteiger partial charge in [0.05, 0.1) is 0 Å².